The zero-order valence-corrected chi connectivity index (χ0v) is 18.0. The normalized spacial score (nSPS) is 10.7. The van der Waals surface area contributed by atoms with E-state index in [1.807, 2.05) is 37.3 Å². The van der Waals surface area contributed by atoms with Gasteiger partial charge in [-0.2, -0.15) is 0 Å². The van der Waals surface area contributed by atoms with Crippen LogP contribution in [0.1, 0.15) is 11.1 Å². The molecule has 0 aliphatic rings. The highest BCUT2D eigenvalue weighted by molar-refractivity contribution is 5.88. The fourth-order valence-electron chi connectivity index (χ4n) is 3.65. The van der Waals surface area contributed by atoms with Gasteiger partial charge >= 0.3 is 11.6 Å². The van der Waals surface area contributed by atoms with Crippen LogP contribution in [0.25, 0.3) is 22.1 Å². The molecule has 1 heterocycles. The van der Waals surface area contributed by atoms with E-state index in [1.54, 1.807) is 43.5 Å². The van der Waals surface area contributed by atoms with Crippen molar-refractivity contribution in [1.82, 2.24) is 0 Å². The quantitative estimate of drug-likeness (QED) is 0.245. The Kier molecular flexibility index (Phi) is 5.94. The zero-order valence-electron chi connectivity index (χ0n) is 18.0. The highest BCUT2D eigenvalue weighted by Crippen LogP contribution is 2.34. The molecule has 0 N–H and O–H groups in total. The topological polar surface area (TPSA) is 75.0 Å². The molecule has 0 spiro atoms. The van der Waals surface area contributed by atoms with Crippen molar-refractivity contribution in [3.05, 3.63) is 88.3 Å². The summed E-state index contributed by atoms with van der Waals surface area (Å²) in [5.41, 5.74) is 2.59. The highest BCUT2D eigenvalue weighted by atomic mass is 16.5. The van der Waals surface area contributed by atoms with E-state index in [0.29, 0.717) is 44.9 Å². The molecule has 6 nitrogen and oxygen atoms in total. The van der Waals surface area contributed by atoms with Gasteiger partial charge in [0.2, 0.25) is 0 Å². The summed E-state index contributed by atoms with van der Waals surface area (Å²) in [4.78, 5) is 25.1. The van der Waals surface area contributed by atoms with Crippen molar-refractivity contribution in [2.24, 2.45) is 0 Å². The summed E-state index contributed by atoms with van der Waals surface area (Å²) in [5.74, 6) is 1.08. The first-order valence-corrected chi connectivity index (χ1v) is 10.0. The summed E-state index contributed by atoms with van der Waals surface area (Å²) in [6.45, 7) is 1.83. The molecule has 32 heavy (non-hydrogen) atoms. The molecule has 0 unspecified atom stereocenters. The molecule has 0 saturated carbocycles. The standard InChI is InChI=1S/C26H22O6/c1-16-20-15-19(31-24(27)13-17-7-5-4-6-8-17)10-12-21(20)32-26(28)25(16)18-9-11-22(29-2)23(14-18)30-3/h4-12,14-15H,13H2,1-3H3. The molecule has 6 heteroatoms. The van der Waals surface area contributed by atoms with Crippen molar-refractivity contribution in [3.63, 3.8) is 0 Å². The second kappa shape index (κ2) is 8.98. The second-order valence-corrected chi connectivity index (χ2v) is 7.25. The first-order chi connectivity index (χ1) is 15.5. The number of hydrogen-bond acceptors (Lipinski definition) is 6. The van der Waals surface area contributed by atoms with Gasteiger partial charge in [-0.1, -0.05) is 36.4 Å². The van der Waals surface area contributed by atoms with Crippen LogP contribution in [-0.4, -0.2) is 20.2 Å². The Labute approximate surface area is 185 Å². The van der Waals surface area contributed by atoms with Crippen LogP contribution in [0.4, 0.5) is 0 Å². The summed E-state index contributed by atoms with van der Waals surface area (Å²) in [7, 11) is 3.08. The van der Waals surface area contributed by atoms with Crippen LogP contribution >= 0.6 is 0 Å². The molecule has 0 amide bonds. The van der Waals surface area contributed by atoms with E-state index in [-0.39, 0.29) is 12.4 Å². The highest BCUT2D eigenvalue weighted by Gasteiger charge is 2.17. The van der Waals surface area contributed by atoms with E-state index in [9.17, 15) is 9.59 Å². The lowest BCUT2D eigenvalue weighted by Crippen LogP contribution is -2.11. The third-order valence-corrected chi connectivity index (χ3v) is 5.23. The van der Waals surface area contributed by atoms with Crippen molar-refractivity contribution >= 4 is 16.9 Å². The van der Waals surface area contributed by atoms with Crippen molar-refractivity contribution in [2.45, 2.75) is 13.3 Å². The van der Waals surface area contributed by atoms with Crippen molar-refractivity contribution in [2.75, 3.05) is 14.2 Å². The van der Waals surface area contributed by atoms with Crippen molar-refractivity contribution < 1.29 is 23.4 Å². The first-order valence-electron chi connectivity index (χ1n) is 10.0. The predicted molar refractivity (Wildman–Crippen MR) is 122 cm³/mol. The van der Waals surface area contributed by atoms with Gasteiger partial charge < -0.3 is 18.6 Å². The Morgan fingerprint density at radius 3 is 2.38 bits per heavy atom. The zero-order chi connectivity index (χ0) is 22.7. The molecule has 162 valence electrons. The summed E-state index contributed by atoms with van der Waals surface area (Å²) >= 11 is 0. The van der Waals surface area contributed by atoms with Gasteiger partial charge in [0, 0.05) is 5.39 Å². The molecule has 0 atom stereocenters. The van der Waals surface area contributed by atoms with E-state index in [2.05, 4.69) is 0 Å². The molecule has 1 aromatic heterocycles. The molecule has 0 bridgehead atoms. The largest absolute Gasteiger partial charge is 0.493 e. The van der Waals surface area contributed by atoms with Crippen LogP contribution in [0, 0.1) is 6.92 Å². The molecular weight excluding hydrogens is 408 g/mol. The Hall–Kier alpha value is -4.06. The van der Waals surface area contributed by atoms with Gasteiger partial charge in [0.1, 0.15) is 11.3 Å². The SMILES string of the molecule is COc1ccc(-c2c(C)c3cc(OC(=O)Cc4ccccc4)ccc3oc2=O)cc1OC. The molecule has 0 aliphatic carbocycles. The maximum absolute atomic E-state index is 12.8. The number of benzene rings is 3. The number of methoxy groups -OCH3 is 2. The Bertz CT molecular complexity index is 1340. The van der Waals surface area contributed by atoms with E-state index >= 15 is 0 Å². The van der Waals surface area contributed by atoms with Crippen LogP contribution in [0.3, 0.4) is 0 Å². The fourth-order valence-corrected chi connectivity index (χ4v) is 3.65. The van der Waals surface area contributed by atoms with Gasteiger partial charge in [-0.25, -0.2) is 4.79 Å². The summed E-state index contributed by atoms with van der Waals surface area (Å²) in [5, 5.41) is 0.680. The van der Waals surface area contributed by atoms with E-state index in [4.69, 9.17) is 18.6 Å². The Morgan fingerprint density at radius 1 is 0.906 bits per heavy atom. The number of carbonyl (C=O) groups excluding carboxylic acids is 1. The van der Waals surface area contributed by atoms with Crippen LogP contribution in [0.15, 0.2) is 75.9 Å². The maximum Gasteiger partial charge on any atom is 0.344 e. The van der Waals surface area contributed by atoms with Crippen LogP contribution in [0.5, 0.6) is 17.2 Å². The van der Waals surface area contributed by atoms with Crippen LogP contribution < -0.4 is 19.8 Å². The minimum Gasteiger partial charge on any atom is -0.493 e. The Morgan fingerprint density at radius 2 is 1.66 bits per heavy atom. The molecule has 0 saturated heterocycles. The Balaban J connectivity index is 1.71. The third kappa shape index (κ3) is 4.21. The van der Waals surface area contributed by atoms with E-state index < -0.39 is 5.63 Å². The molecule has 0 aliphatic heterocycles. The van der Waals surface area contributed by atoms with Gasteiger partial charge in [-0.3, -0.25) is 4.79 Å². The summed E-state index contributed by atoms with van der Waals surface area (Å²) in [6.07, 6.45) is 0.165. The molecule has 4 rings (SSSR count). The first kappa shape index (κ1) is 21.2. The lowest BCUT2D eigenvalue weighted by atomic mass is 9.99. The number of carbonyl (C=O) groups is 1. The lowest BCUT2D eigenvalue weighted by Gasteiger charge is -2.12. The lowest BCUT2D eigenvalue weighted by molar-refractivity contribution is -0.133. The summed E-state index contributed by atoms with van der Waals surface area (Å²) < 4.78 is 21.7. The molecule has 0 fully saturated rings. The van der Waals surface area contributed by atoms with Gasteiger partial charge in [0.05, 0.1) is 26.2 Å². The number of esters is 1. The van der Waals surface area contributed by atoms with Crippen LogP contribution in [-0.2, 0) is 11.2 Å². The molecule has 0 radical (unpaired) electrons. The monoisotopic (exact) mass is 430 g/mol. The number of aryl methyl sites for hydroxylation is 1. The number of rotatable bonds is 6. The molecule has 4 aromatic rings. The number of ether oxygens (including phenoxy) is 3. The van der Waals surface area contributed by atoms with Gasteiger partial charge in [0.25, 0.3) is 0 Å². The third-order valence-electron chi connectivity index (χ3n) is 5.23. The molecular formula is C26H22O6. The maximum atomic E-state index is 12.8. The van der Waals surface area contributed by atoms with Crippen LogP contribution in [0.2, 0.25) is 0 Å². The second-order valence-electron chi connectivity index (χ2n) is 7.25. The predicted octanol–water partition coefficient (Wildman–Crippen LogP) is 4.93. The smallest absolute Gasteiger partial charge is 0.344 e. The minimum absolute atomic E-state index is 0.165. The van der Waals surface area contributed by atoms with Gasteiger partial charge in [-0.15, -0.1) is 0 Å². The average molecular weight is 430 g/mol. The van der Waals surface area contributed by atoms with E-state index in [0.717, 1.165) is 5.56 Å². The molecule has 3 aromatic carbocycles. The van der Waals surface area contributed by atoms with Gasteiger partial charge in [0.15, 0.2) is 11.5 Å². The van der Waals surface area contributed by atoms with Crippen molar-refractivity contribution in [3.8, 4) is 28.4 Å². The summed E-state index contributed by atoms with van der Waals surface area (Å²) in [6, 6.07) is 19.6. The minimum atomic E-state index is -0.462. The van der Waals surface area contributed by atoms with Gasteiger partial charge in [-0.05, 0) is 53.9 Å². The number of hydrogen-bond donors (Lipinski definition) is 0. The fraction of sp³-hybridized carbons (Fsp3) is 0.154. The number of fused-ring (bicyclic) bond motifs is 1. The van der Waals surface area contributed by atoms with E-state index in [1.165, 1.54) is 7.11 Å². The van der Waals surface area contributed by atoms with Crippen molar-refractivity contribution in [1.29, 1.82) is 0 Å². The average Bonchev–Trinajstić information content (AvgIpc) is 2.80.